The summed E-state index contributed by atoms with van der Waals surface area (Å²) in [7, 11) is 0. The molecule has 1 saturated heterocycles. The number of amides is 2. The van der Waals surface area contributed by atoms with E-state index >= 15 is 0 Å². The fourth-order valence-electron chi connectivity index (χ4n) is 3.06. The number of ether oxygens (including phenoxy) is 1. The van der Waals surface area contributed by atoms with Gasteiger partial charge < -0.3 is 25.2 Å². The number of hydrogen-bond donors (Lipinski definition) is 2. The van der Waals surface area contributed by atoms with Gasteiger partial charge in [0.1, 0.15) is 0 Å². The van der Waals surface area contributed by atoms with Crippen LogP contribution in [0.2, 0.25) is 0 Å². The molecule has 0 aromatic heterocycles. The van der Waals surface area contributed by atoms with E-state index in [0.29, 0.717) is 51.4 Å². The Morgan fingerprint density at radius 1 is 1.07 bits per heavy atom. The summed E-state index contributed by atoms with van der Waals surface area (Å²) in [5.41, 5.74) is 1.63. The Hall–Kier alpha value is -2.04. The molecule has 0 spiro atoms. The first-order valence-corrected chi connectivity index (χ1v) is 10.4. The van der Waals surface area contributed by atoms with E-state index in [0.717, 1.165) is 24.5 Å². The van der Waals surface area contributed by atoms with Crippen molar-refractivity contribution in [1.29, 1.82) is 0 Å². The number of carbonyl (C=O) groups excluding carboxylic acids is 2. The Kier molecular flexibility index (Phi) is 12.2. The molecular weight excluding hydrogens is 497 g/mol. The lowest BCUT2D eigenvalue weighted by atomic mass is 10.1. The number of aliphatic imine (C=N–C) groups is 1. The third-order valence-electron chi connectivity index (χ3n) is 4.58. The van der Waals surface area contributed by atoms with Crippen LogP contribution >= 0.6 is 24.0 Å². The molecule has 1 aliphatic heterocycles. The number of carbonyl (C=O) groups is 2. The van der Waals surface area contributed by atoms with Gasteiger partial charge >= 0.3 is 6.09 Å². The van der Waals surface area contributed by atoms with Crippen molar-refractivity contribution >= 4 is 41.9 Å². The molecule has 0 bridgehead atoms. The van der Waals surface area contributed by atoms with Crippen molar-refractivity contribution in [2.24, 2.45) is 4.99 Å². The molecule has 1 fully saturated rings. The van der Waals surface area contributed by atoms with Gasteiger partial charge in [0.2, 0.25) is 0 Å². The summed E-state index contributed by atoms with van der Waals surface area (Å²) in [5.74, 6) is 0.761. The second kappa shape index (κ2) is 14.1. The predicted octanol–water partition coefficient (Wildman–Crippen LogP) is 2.68. The van der Waals surface area contributed by atoms with E-state index < -0.39 is 0 Å². The molecular formula is C21H34IN5O3. The number of piperazine rings is 1. The van der Waals surface area contributed by atoms with Crippen LogP contribution in [0.4, 0.5) is 4.79 Å². The fourth-order valence-corrected chi connectivity index (χ4v) is 3.06. The summed E-state index contributed by atoms with van der Waals surface area (Å²) < 4.78 is 5.07. The van der Waals surface area contributed by atoms with Crippen LogP contribution in [0.25, 0.3) is 0 Å². The highest BCUT2D eigenvalue weighted by Gasteiger charge is 2.23. The molecule has 0 saturated carbocycles. The third kappa shape index (κ3) is 8.00. The molecule has 1 heterocycles. The molecule has 0 radical (unpaired) electrons. The van der Waals surface area contributed by atoms with E-state index in [-0.39, 0.29) is 36.0 Å². The molecule has 0 aliphatic carbocycles. The number of hydrogen-bond acceptors (Lipinski definition) is 4. The highest BCUT2D eigenvalue weighted by atomic mass is 127. The molecule has 0 atom stereocenters. The molecule has 9 heteroatoms. The minimum Gasteiger partial charge on any atom is -0.450 e. The van der Waals surface area contributed by atoms with Crippen LogP contribution in [0.15, 0.2) is 29.3 Å². The van der Waals surface area contributed by atoms with Crippen molar-refractivity contribution in [2.45, 2.75) is 33.7 Å². The zero-order chi connectivity index (χ0) is 21.1. The summed E-state index contributed by atoms with van der Waals surface area (Å²) in [5, 5.41) is 6.22. The number of rotatable bonds is 7. The van der Waals surface area contributed by atoms with E-state index in [1.807, 2.05) is 45.0 Å². The standard InChI is InChI=1S/C21H33N5O3.HI/c1-4-10-23-19(27)18-9-7-8-17(15-18)16-24-20(22-5-2)25-11-13-26(14-12-25)21(28)29-6-3;/h7-9,15H,4-6,10-14,16H2,1-3H3,(H,22,24)(H,23,27);1H. The highest BCUT2D eigenvalue weighted by Crippen LogP contribution is 2.09. The topological polar surface area (TPSA) is 86.3 Å². The maximum atomic E-state index is 12.2. The molecule has 1 aromatic rings. The van der Waals surface area contributed by atoms with Gasteiger partial charge in [-0.2, -0.15) is 0 Å². The predicted molar refractivity (Wildman–Crippen MR) is 129 cm³/mol. The zero-order valence-corrected chi connectivity index (χ0v) is 20.5. The summed E-state index contributed by atoms with van der Waals surface area (Å²) in [4.78, 5) is 32.7. The number of benzene rings is 1. The van der Waals surface area contributed by atoms with Crippen LogP contribution in [0.1, 0.15) is 43.1 Å². The lowest BCUT2D eigenvalue weighted by Gasteiger charge is -2.35. The minimum atomic E-state index is -0.257. The van der Waals surface area contributed by atoms with Gasteiger partial charge in [0, 0.05) is 44.8 Å². The van der Waals surface area contributed by atoms with Crippen molar-refractivity contribution in [3.63, 3.8) is 0 Å². The van der Waals surface area contributed by atoms with Gasteiger partial charge in [-0.05, 0) is 38.0 Å². The van der Waals surface area contributed by atoms with Crippen molar-refractivity contribution in [3.05, 3.63) is 35.4 Å². The van der Waals surface area contributed by atoms with Crippen molar-refractivity contribution in [3.8, 4) is 0 Å². The first-order chi connectivity index (χ1) is 14.1. The molecule has 2 rings (SSSR count). The molecule has 2 amide bonds. The van der Waals surface area contributed by atoms with E-state index in [9.17, 15) is 9.59 Å². The molecule has 168 valence electrons. The third-order valence-corrected chi connectivity index (χ3v) is 4.58. The van der Waals surface area contributed by atoms with Crippen LogP contribution in [0.3, 0.4) is 0 Å². The second-order valence-corrected chi connectivity index (χ2v) is 6.80. The molecule has 30 heavy (non-hydrogen) atoms. The molecule has 1 aliphatic rings. The Balaban J connectivity index is 0.00000450. The number of nitrogens with zero attached hydrogens (tertiary/aromatic N) is 3. The SMILES string of the molecule is CCCNC(=O)c1cccc(CN=C(NCC)N2CCN(C(=O)OCC)CC2)c1.I. The summed E-state index contributed by atoms with van der Waals surface area (Å²) in [6, 6.07) is 7.56. The quantitative estimate of drug-likeness (QED) is 0.321. The fraction of sp³-hybridized carbons (Fsp3) is 0.571. The summed E-state index contributed by atoms with van der Waals surface area (Å²) in [6.07, 6.45) is 0.651. The van der Waals surface area contributed by atoms with Crippen LogP contribution < -0.4 is 10.6 Å². The van der Waals surface area contributed by atoms with Crippen molar-refractivity contribution in [1.82, 2.24) is 20.4 Å². The Labute approximate surface area is 196 Å². The van der Waals surface area contributed by atoms with Gasteiger partial charge in [-0.3, -0.25) is 4.79 Å². The van der Waals surface area contributed by atoms with E-state index in [4.69, 9.17) is 9.73 Å². The maximum absolute atomic E-state index is 12.2. The van der Waals surface area contributed by atoms with Crippen LogP contribution in [-0.2, 0) is 11.3 Å². The summed E-state index contributed by atoms with van der Waals surface area (Å²) in [6.45, 7) is 10.8. The number of guanidine groups is 1. The van der Waals surface area contributed by atoms with E-state index in [1.165, 1.54) is 0 Å². The monoisotopic (exact) mass is 531 g/mol. The lowest BCUT2D eigenvalue weighted by molar-refractivity contribution is 0.0913. The molecule has 8 nitrogen and oxygen atoms in total. The van der Waals surface area contributed by atoms with Crippen LogP contribution in [-0.4, -0.2) is 73.6 Å². The van der Waals surface area contributed by atoms with Crippen molar-refractivity contribution in [2.75, 3.05) is 45.9 Å². The van der Waals surface area contributed by atoms with Crippen LogP contribution in [0, 0.1) is 0 Å². The molecule has 0 unspecified atom stereocenters. The molecule has 2 N–H and O–H groups in total. The second-order valence-electron chi connectivity index (χ2n) is 6.80. The largest absolute Gasteiger partial charge is 0.450 e. The normalized spacial score (nSPS) is 14.0. The van der Waals surface area contributed by atoms with Crippen LogP contribution in [0.5, 0.6) is 0 Å². The average molecular weight is 531 g/mol. The number of halogens is 1. The van der Waals surface area contributed by atoms with Gasteiger partial charge in [0.05, 0.1) is 13.2 Å². The minimum absolute atomic E-state index is 0. The average Bonchev–Trinajstić information content (AvgIpc) is 2.75. The lowest BCUT2D eigenvalue weighted by Crippen LogP contribution is -2.53. The van der Waals surface area contributed by atoms with Gasteiger partial charge in [0.25, 0.3) is 5.91 Å². The smallest absolute Gasteiger partial charge is 0.409 e. The van der Waals surface area contributed by atoms with E-state index in [2.05, 4.69) is 15.5 Å². The van der Waals surface area contributed by atoms with Crippen molar-refractivity contribution < 1.29 is 14.3 Å². The molecule has 1 aromatic carbocycles. The highest BCUT2D eigenvalue weighted by molar-refractivity contribution is 14.0. The van der Waals surface area contributed by atoms with Gasteiger partial charge in [-0.15, -0.1) is 24.0 Å². The van der Waals surface area contributed by atoms with E-state index in [1.54, 1.807) is 4.90 Å². The first-order valence-electron chi connectivity index (χ1n) is 10.4. The first kappa shape index (κ1) is 26.0. The Bertz CT molecular complexity index is 706. The zero-order valence-electron chi connectivity index (χ0n) is 18.1. The number of nitrogens with one attached hydrogen (secondary N) is 2. The maximum Gasteiger partial charge on any atom is 0.409 e. The van der Waals surface area contributed by atoms with Gasteiger partial charge in [0.15, 0.2) is 5.96 Å². The van der Waals surface area contributed by atoms with Gasteiger partial charge in [-0.1, -0.05) is 19.1 Å². The summed E-state index contributed by atoms with van der Waals surface area (Å²) >= 11 is 0. The Morgan fingerprint density at radius 2 is 1.77 bits per heavy atom. The Morgan fingerprint density at radius 3 is 2.40 bits per heavy atom. The van der Waals surface area contributed by atoms with Gasteiger partial charge in [-0.25, -0.2) is 9.79 Å².